The maximum Gasteiger partial charge on any atom is 0.211 e. The third-order valence-electron chi connectivity index (χ3n) is 2.87. The van der Waals surface area contributed by atoms with Crippen LogP contribution in [0.2, 0.25) is 0 Å². The molecule has 1 aliphatic rings. The van der Waals surface area contributed by atoms with Crippen molar-refractivity contribution in [3.63, 3.8) is 0 Å². The molecule has 0 saturated heterocycles. The number of hydrogen-bond donors (Lipinski definition) is 2. The summed E-state index contributed by atoms with van der Waals surface area (Å²) in [7, 11) is 1.54. The molecule has 0 unspecified atom stereocenters. The summed E-state index contributed by atoms with van der Waals surface area (Å²) in [6, 6.07) is 10.6. The van der Waals surface area contributed by atoms with Gasteiger partial charge in [0.2, 0.25) is 5.96 Å². The van der Waals surface area contributed by atoms with Gasteiger partial charge in [-0.05, 0) is 52.1 Å². The molecule has 0 aromatic heterocycles. The largest absolute Gasteiger partial charge is 0.494 e. The number of para-hydroxylation sites is 1. The zero-order valence-electron chi connectivity index (χ0n) is 11.0. The van der Waals surface area contributed by atoms with Gasteiger partial charge in [-0.1, -0.05) is 12.1 Å². The second-order valence-corrected chi connectivity index (χ2v) is 5.87. The molecule has 0 fully saturated rings. The van der Waals surface area contributed by atoms with Crippen LogP contribution >= 0.6 is 27.9 Å². The number of anilines is 1. The van der Waals surface area contributed by atoms with E-state index in [0.29, 0.717) is 22.3 Å². The van der Waals surface area contributed by atoms with E-state index in [2.05, 4.69) is 31.0 Å². The summed E-state index contributed by atoms with van der Waals surface area (Å²) in [5.41, 5.74) is 1.35. The molecular weight excluding hydrogens is 357 g/mol. The molecule has 0 bridgehead atoms. The first-order valence-corrected chi connectivity index (χ1v) is 7.69. The number of methoxy groups -OCH3 is 1. The Labute approximate surface area is 134 Å². The maximum absolute atomic E-state index is 13.8. The first-order valence-electron chi connectivity index (χ1n) is 6.08. The molecule has 0 saturated carbocycles. The third-order valence-corrected chi connectivity index (χ3v) is 4.45. The van der Waals surface area contributed by atoms with Gasteiger partial charge in [0.1, 0.15) is 17.3 Å². The van der Waals surface area contributed by atoms with E-state index in [-0.39, 0.29) is 5.82 Å². The van der Waals surface area contributed by atoms with Crippen molar-refractivity contribution in [1.29, 1.82) is 0 Å². The molecule has 21 heavy (non-hydrogen) atoms. The van der Waals surface area contributed by atoms with E-state index in [0.717, 1.165) is 22.1 Å². The van der Waals surface area contributed by atoms with Crippen molar-refractivity contribution in [3.8, 4) is 5.75 Å². The Morgan fingerprint density at radius 2 is 2.10 bits per heavy atom. The highest BCUT2D eigenvalue weighted by molar-refractivity contribution is 9.10. The summed E-state index contributed by atoms with van der Waals surface area (Å²) < 4.78 is 22.9. The molecule has 2 aromatic carbocycles. The summed E-state index contributed by atoms with van der Waals surface area (Å²) in [6.45, 7) is 0. The molecule has 0 aliphatic carbocycles. The van der Waals surface area contributed by atoms with Gasteiger partial charge < -0.3 is 10.1 Å². The molecule has 1 heterocycles. The summed E-state index contributed by atoms with van der Waals surface area (Å²) >= 11 is 4.62. The second-order valence-electron chi connectivity index (χ2n) is 4.20. The minimum atomic E-state index is -0.327. The van der Waals surface area contributed by atoms with E-state index in [4.69, 9.17) is 4.74 Å². The molecule has 0 radical (unpaired) electrons. The highest BCUT2D eigenvalue weighted by Crippen LogP contribution is 2.41. The summed E-state index contributed by atoms with van der Waals surface area (Å²) in [4.78, 5) is 4.82. The lowest BCUT2D eigenvalue weighted by molar-refractivity contribution is 0.413. The van der Waals surface area contributed by atoms with Gasteiger partial charge in [-0.2, -0.15) is 0 Å². The van der Waals surface area contributed by atoms with Gasteiger partial charge in [-0.15, -0.1) is 0 Å². The second kappa shape index (κ2) is 5.95. The Bertz CT molecular complexity index is 723. The highest BCUT2D eigenvalue weighted by Gasteiger charge is 2.20. The fourth-order valence-corrected chi connectivity index (χ4v) is 2.96. The predicted octanol–water partition coefficient (Wildman–Crippen LogP) is 4.31. The zero-order valence-corrected chi connectivity index (χ0v) is 13.4. The van der Waals surface area contributed by atoms with Gasteiger partial charge in [0.25, 0.3) is 0 Å². The Balaban J connectivity index is 1.97. The van der Waals surface area contributed by atoms with Gasteiger partial charge in [-0.3, -0.25) is 4.72 Å². The van der Waals surface area contributed by atoms with Gasteiger partial charge in [-0.25, -0.2) is 9.38 Å². The van der Waals surface area contributed by atoms with Crippen LogP contribution in [0.1, 0.15) is 0 Å². The molecule has 0 amide bonds. The molecule has 1 aliphatic heterocycles. The first kappa shape index (κ1) is 14.2. The Morgan fingerprint density at radius 1 is 1.29 bits per heavy atom. The first-order chi connectivity index (χ1) is 10.2. The van der Waals surface area contributed by atoms with Crippen LogP contribution in [0, 0.1) is 5.82 Å². The molecule has 0 atom stereocenters. The number of benzene rings is 2. The van der Waals surface area contributed by atoms with Gasteiger partial charge in [0, 0.05) is 4.47 Å². The molecule has 2 aromatic rings. The Kier molecular flexibility index (Phi) is 4.03. The topological polar surface area (TPSA) is 45.6 Å². The van der Waals surface area contributed by atoms with E-state index in [9.17, 15) is 4.39 Å². The number of halogens is 2. The standard InChI is InChI=1S/C14H11BrFN3OS/c1-20-11-7-6-9(16)13-12(11)18-14(19-21-13)17-10-5-3-2-4-8(10)15/h2-7H,1H3,(H2,17,18,19). The third kappa shape index (κ3) is 2.84. The summed E-state index contributed by atoms with van der Waals surface area (Å²) in [6.07, 6.45) is 0. The average molecular weight is 368 g/mol. The van der Waals surface area contributed by atoms with E-state index >= 15 is 0 Å². The molecule has 2 N–H and O–H groups in total. The van der Waals surface area contributed by atoms with E-state index in [1.807, 2.05) is 24.3 Å². The van der Waals surface area contributed by atoms with Crippen LogP contribution < -0.4 is 14.8 Å². The predicted molar refractivity (Wildman–Crippen MR) is 86.8 cm³/mol. The van der Waals surface area contributed by atoms with Gasteiger partial charge in [0.15, 0.2) is 0 Å². The summed E-state index contributed by atoms with van der Waals surface area (Å²) in [5.74, 6) is 0.724. The number of guanidine groups is 1. The van der Waals surface area contributed by atoms with Crippen LogP contribution in [0.25, 0.3) is 0 Å². The smallest absolute Gasteiger partial charge is 0.211 e. The quantitative estimate of drug-likeness (QED) is 0.776. The number of nitrogens with zero attached hydrogens (tertiary/aromatic N) is 1. The average Bonchev–Trinajstić information content (AvgIpc) is 2.50. The minimum absolute atomic E-state index is 0.327. The van der Waals surface area contributed by atoms with Crippen molar-refractivity contribution in [3.05, 3.63) is 46.7 Å². The fourth-order valence-electron chi connectivity index (χ4n) is 1.87. The number of rotatable bonds is 2. The van der Waals surface area contributed by atoms with Crippen molar-refractivity contribution in [2.45, 2.75) is 4.90 Å². The van der Waals surface area contributed by atoms with Gasteiger partial charge >= 0.3 is 0 Å². The van der Waals surface area contributed by atoms with Crippen molar-refractivity contribution in [2.75, 3.05) is 12.4 Å². The van der Waals surface area contributed by atoms with Crippen LogP contribution in [0.5, 0.6) is 5.75 Å². The molecule has 4 nitrogen and oxygen atoms in total. The minimum Gasteiger partial charge on any atom is -0.494 e. The fraction of sp³-hybridized carbons (Fsp3) is 0.0714. The lowest BCUT2D eigenvalue weighted by Gasteiger charge is -2.20. The molecule has 108 valence electrons. The van der Waals surface area contributed by atoms with Crippen molar-refractivity contribution >= 4 is 45.2 Å². The lowest BCUT2D eigenvalue weighted by atomic mass is 10.3. The van der Waals surface area contributed by atoms with Crippen LogP contribution in [-0.2, 0) is 0 Å². The maximum atomic E-state index is 13.8. The number of aliphatic imine (C=N–C) groups is 1. The normalized spacial score (nSPS) is 13.0. The zero-order chi connectivity index (χ0) is 14.8. The van der Waals surface area contributed by atoms with Crippen LogP contribution in [0.3, 0.4) is 0 Å². The number of hydrogen-bond acceptors (Lipinski definition) is 5. The number of ether oxygens (including phenoxy) is 1. The van der Waals surface area contributed by atoms with Crippen molar-refractivity contribution in [2.24, 2.45) is 4.99 Å². The molecule has 0 spiro atoms. The molecule has 3 rings (SSSR count). The van der Waals surface area contributed by atoms with Crippen LogP contribution in [0.15, 0.2) is 50.8 Å². The van der Waals surface area contributed by atoms with E-state index < -0.39 is 0 Å². The SMILES string of the molecule is COc1ccc(F)c2c1N=C(Nc1ccccc1Br)NS2. The molecular formula is C14H11BrFN3OS. The van der Waals surface area contributed by atoms with Gasteiger partial charge in [0.05, 0.1) is 17.7 Å². The van der Waals surface area contributed by atoms with Crippen LogP contribution in [-0.4, -0.2) is 13.1 Å². The number of nitrogens with one attached hydrogen (secondary N) is 2. The highest BCUT2D eigenvalue weighted by atomic mass is 79.9. The van der Waals surface area contributed by atoms with Crippen molar-refractivity contribution < 1.29 is 9.13 Å². The number of fused-ring (bicyclic) bond motifs is 1. The Hall–Kier alpha value is -1.73. The van der Waals surface area contributed by atoms with E-state index in [1.54, 1.807) is 6.07 Å². The van der Waals surface area contributed by atoms with Crippen molar-refractivity contribution in [1.82, 2.24) is 4.72 Å². The van der Waals surface area contributed by atoms with Crippen LogP contribution in [0.4, 0.5) is 15.8 Å². The Morgan fingerprint density at radius 3 is 2.86 bits per heavy atom. The summed E-state index contributed by atoms with van der Waals surface area (Å²) in [5, 5.41) is 3.15. The molecule has 7 heteroatoms. The van der Waals surface area contributed by atoms with E-state index in [1.165, 1.54) is 13.2 Å². The lowest BCUT2D eigenvalue weighted by Crippen LogP contribution is -2.27. The monoisotopic (exact) mass is 367 g/mol.